The summed E-state index contributed by atoms with van der Waals surface area (Å²) in [5, 5.41) is 34.0. The highest BCUT2D eigenvalue weighted by Gasteiger charge is 2.23. The number of nitrogens with two attached hydrogens (primary N) is 2. The molecule has 0 unspecified atom stereocenters. The Labute approximate surface area is 140 Å². The Morgan fingerprint density at radius 1 is 1.04 bits per heavy atom. The van der Waals surface area contributed by atoms with E-state index in [1.165, 1.54) is 0 Å². The molecule has 0 saturated carbocycles. The van der Waals surface area contributed by atoms with Crippen molar-refractivity contribution in [1.82, 2.24) is 5.23 Å². The number of hydroxylamine groups is 2. The van der Waals surface area contributed by atoms with Crippen molar-refractivity contribution in [2.24, 2.45) is 11.5 Å². The number of carbonyl (C=O) groups is 2. The highest BCUT2D eigenvalue weighted by Crippen LogP contribution is 2.06. The van der Waals surface area contributed by atoms with Gasteiger partial charge in [-0.3, -0.25) is 20.0 Å². The van der Waals surface area contributed by atoms with Crippen LogP contribution in [0.3, 0.4) is 0 Å². The standard InChI is InChI=1S/C9H11NO4.C6H14N2O2/c11-9(12)8(10(13)14)6-7-4-2-1-3-5-7;7-4-2-1-3-5(8)6(9)10/h1-5,8,13-14H,6H2,(H,11,12);5H,1-4,7-8H2,(H,9,10)/t8-;5-/m00/s1. The lowest BCUT2D eigenvalue weighted by Gasteiger charge is -2.15. The van der Waals surface area contributed by atoms with Crippen LogP contribution in [0.15, 0.2) is 30.3 Å². The average Bonchev–Trinajstić information content (AvgIpc) is 2.53. The van der Waals surface area contributed by atoms with Gasteiger partial charge in [0.2, 0.25) is 0 Å². The highest BCUT2D eigenvalue weighted by atomic mass is 16.8. The molecule has 0 aromatic heterocycles. The Kier molecular flexibility index (Phi) is 11.3. The maximum atomic E-state index is 10.6. The first-order valence-electron chi connectivity index (χ1n) is 7.41. The molecule has 0 aliphatic rings. The molecule has 136 valence electrons. The van der Waals surface area contributed by atoms with Gasteiger partial charge in [0.25, 0.3) is 0 Å². The van der Waals surface area contributed by atoms with E-state index in [9.17, 15) is 9.59 Å². The molecule has 8 N–H and O–H groups in total. The maximum Gasteiger partial charge on any atom is 0.326 e. The molecule has 1 aromatic rings. The fourth-order valence-corrected chi connectivity index (χ4v) is 1.74. The van der Waals surface area contributed by atoms with Crippen LogP contribution in [0.4, 0.5) is 0 Å². The van der Waals surface area contributed by atoms with Crippen molar-refractivity contribution in [3.63, 3.8) is 0 Å². The van der Waals surface area contributed by atoms with Crippen molar-refractivity contribution >= 4 is 11.9 Å². The van der Waals surface area contributed by atoms with Crippen molar-refractivity contribution in [2.45, 2.75) is 37.8 Å². The number of nitrogens with zero attached hydrogens (tertiary/aromatic N) is 1. The number of carboxylic acid groups (broad SMARTS) is 2. The number of hydrogen-bond donors (Lipinski definition) is 6. The van der Waals surface area contributed by atoms with E-state index in [1.807, 2.05) is 0 Å². The van der Waals surface area contributed by atoms with Crippen LogP contribution >= 0.6 is 0 Å². The fraction of sp³-hybridized carbons (Fsp3) is 0.467. The van der Waals surface area contributed by atoms with Gasteiger partial charge in [-0.25, -0.2) is 0 Å². The second-order valence-corrected chi connectivity index (χ2v) is 5.09. The van der Waals surface area contributed by atoms with Crippen LogP contribution in [0.25, 0.3) is 0 Å². The minimum absolute atomic E-state index is 0.0448. The molecule has 0 amide bonds. The minimum Gasteiger partial charge on any atom is -0.480 e. The Morgan fingerprint density at radius 2 is 1.62 bits per heavy atom. The summed E-state index contributed by atoms with van der Waals surface area (Å²) in [7, 11) is 0. The Hall–Kier alpha value is -2.04. The van der Waals surface area contributed by atoms with Gasteiger partial charge >= 0.3 is 11.9 Å². The van der Waals surface area contributed by atoms with Crippen LogP contribution in [0.1, 0.15) is 24.8 Å². The van der Waals surface area contributed by atoms with E-state index in [-0.39, 0.29) is 11.6 Å². The van der Waals surface area contributed by atoms with Gasteiger partial charge in [0.05, 0.1) is 0 Å². The molecule has 0 fully saturated rings. The topological polar surface area (TPSA) is 170 Å². The maximum absolute atomic E-state index is 10.6. The van der Waals surface area contributed by atoms with Crippen molar-refractivity contribution in [2.75, 3.05) is 6.54 Å². The lowest BCUT2D eigenvalue weighted by molar-refractivity contribution is -0.327. The number of carboxylic acids is 2. The minimum atomic E-state index is -1.34. The van der Waals surface area contributed by atoms with Gasteiger partial charge < -0.3 is 21.7 Å². The zero-order valence-electron chi connectivity index (χ0n) is 13.3. The third-order valence-corrected chi connectivity index (χ3v) is 3.12. The molecular formula is C15H25N3O6. The van der Waals surface area contributed by atoms with Gasteiger partial charge in [0.1, 0.15) is 6.04 Å². The molecule has 2 atom stereocenters. The van der Waals surface area contributed by atoms with Crippen molar-refractivity contribution in [3.05, 3.63) is 35.9 Å². The first-order chi connectivity index (χ1) is 11.3. The summed E-state index contributed by atoms with van der Waals surface area (Å²) in [5.41, 5.74) is 11.1. The number of aliphatic carboxylic acids is 2. The lowest BCUT2D eigenvalue weighted by Crippen LogP contribution is -2.38. The molecule has 9 heteroatoms. The molecule has 0 spiro atoms. The molecular weight excluding hydrogens is 318 g/mol. The van der Waals surface area contributed by atoms with Crippen LogP contribution in [0.5, 0.6) is 0 Å². The number of benzene rings is 1. The van der Waals surface area contributed by atoms with Crippen LogP contribution in [0, 0.1) is 0 Å². The SMILES string of the molecule is NCCCC[C@H](N)C(=O)O.O=C(O)[C@H](Cc1ccccc1)N(O)O. The van der Waals surface area contributed by atoms with E-state index in [1.54, 1.807) is 30.3 Å². The summed E-state index contributed by atoms with van der Waals surface area (Å²) in [6.07, 6.45) is 2.21. The van der Waals surface area contributed by atoms with Gasteiger partial charge in [-0.15, -0.1) is 0 Å². The van der Waals surface area contributed by atoms with Crippen LogP contribution < -0.4 is 11.5 Å². The van der Waals surface area contributed by atoms with Gasteiger partial charge in [0.15, 0.2) is 6.04 Å². The van der Waals surface area contributed by atoms with E-state index in [4.69, 9.17) is 32.1 Å². The number of rotatable bonds is 9. The normalized spacial score (nSPS) is 12.9. The second kappa shape index (κ2) is 12.4. The van der Waals surface area contributed by atoms with Crippen molar-refractivity contribution in [1.29, 1.82) is 0 Å². The van der Waals surface area contributed by atoms with Crippen LogP contribution in [-0.2, 0) is 16.0 Å². The van der Waals surface area contributed by atoms with Gasteiger partial charge in [0, 0.05) is 6.42 Å². The Balaban J connectivity index is 0.000000470. The summed E-state index contributed by atoms with van der Waals surface area (Å²) in [6, 6.07) is 6.71. The summed E-state index contributed by atoms with van der Waals surface area (Å²) < 4.78 is 0. The zero-order valence-corrected chi connectivity index (χ0v) is 13.3. The van der Waals surface area contributed by atoms with E-state index < -0.39 is 24.0 Å². The summed E-state index contributed by atoms with van der Waals surface area (Å²) in [4.78, 5) is 20.7. The van der Waals surface area contributed by atoms with E-state index in [0.29, 0.717) is 13.0 Å². The molecule has 0 bridgehead atoms. The van der Waals surface area contributed by atoms with Gasteiger partial charge in [-0.2, -0.15) is 0 Å². The molecule has 24 heavy (non-hydrogen) atoms. The molecule has 1 rings (SSSR count). The molecule has 0 aliphatic heterocycles. The largest absolute Gasteiger partial charge is 0.480 e. The molecule has 0 heterocycles. The molecule has 0 radical (unpaired) electrons. The summed E-state index contributed by atoms with van der Waals surface area (Å²) in [5.74, 6) is -2.21. The van der Waals surface area contributed by atoms with Crippen LogP contribution in [-0.4, -0.2) is 56.4 Å². The van der Waals surface area contributed by atoms with Gasteiger partial charge in [-0.1, -0.05) is 42.0 Å². The number of hydrogen-bond acceptors (Lipinski definition) is 7. The van der Waals surface area contributed by atoms with Crippen molar-refractivity contribution < 1.29 is 30.2 Å². The summed E-state index contributed by atoms with van der Waals surface area (Å²) >= 11 is 0. The highest BCUT2D eigenvalue weighted by molar-refractivity contribution is 5.73. The van der Waals surface area contributed by atoms with E-state index in [2.05, 4.69) is 0 Å². The molecule has 1 aromatic carbocycles. The predicted octanol–water partition coefficient (Wildman–Crippen LogP) is 0.290. The monoisotopic (exact) mass is 343 g/mol. The molecule has 0 aliphatic carbocycles. The third-order valence-electron chi connectivity index (χ3n) is 3.12. The van der Waals surface area contributed by atoms with Gasteiger partial charge in [-0.05, 0) is 24.9 Å². The fourth-order valence-electron chi connectivity index (χ4n) is 1.74. The average molecular weight is 343 g/mol. The Morgan fingerprint density at radius 3 is 2.04 bits per heavy atom. The van der Waals surface area contributed by atoms with Crippen molar-refractivity contribution in [3.8, 4) is 0 Å². The first kappa shape index (κ1) is 22.0. The first-order valence-corrected chi connectivity index (χ1v) is 7.41. The third kappa shape index (κ3) is 9.87. The van der Waals surface area contributed by atoms with E-state index in [0.717, 1.165) is 18.4 Å². The Bertz CT molecular complexity index is 483. The summed E-state index contributed by atoms with van der Waals surface area (Å²) in [6.45, 7) is 0.604. The smallest absolute Gasteiger partial charge is 0.326 e. The molecule has 0 saturated heterocycles. The predicted molar refractivity (Wildman–Crippen MR) is 85.5 cm³/mol. The number of unbranched alkanes of at least 4 members (excludes halogenated alkanes) is 1. The quantitative estimate of drug-likeness (QED) is 0.272. The van der Waals surface area contributed by atoms with Crippen LogP contribution in [0.2, 0.25) is 0 Å². The van der Waals surface area contributed by atoms with E-state index >= 15 is 0 Å². The molecule has 9 nitrogen and oxygen atoms in total. The zero-order chi connectivity index (χ0) is 18.5. The lowest BCUT2D eigenvalue weighted by atomic mass is 10.1. The second-order valence-electron chi connectivity index (χ2n) is 5.09.